The fraction of sp³-hybridized carbons (Fsp3) is 0.0714. The number of hydrogen-bond donors (Lipinski definition) is 1. The van der Waals surface area contributed by atoms with Crippen LogP contribution in [0.25, 0.3) is 4.96 Å². The SMILES string of the molecule is O=C(O)c1cccc(OCc2cc(=O)n3ccsc3n2)c1. The zero-order chi connectivity index (χ0) is 14.8. The van der Waals surface area contributed by atoms with Crippen molar-refractivity contribution in [3.8, 4) is 5.75 Å². The van der Waals surface area contributed by atoms with E-state index in [-0.39, 0.29) is 17.7 Å². The summed E-state index contributed by atoms with van der Waals surface area (Å²) in [5.74, 6) is -0.597. The highest BCUT2D eigenvalue weighted by atomic mass is 32.1. The predicted molar refractivity (Wildman–Crippen MR) is 77.1 cm³/mol. The molecule has 106 valence electrons. The smallest absolute Gasteiger partial charge is 0.335 e. The van der Waals surface area contributed by atoms with Gasteiger partial charge < -0.3 is 9.84 Å². The quantitative estimate of drug-likeness (QED) is 0.797. The van der Waals surface area contributed by atoms with Gasteiger partial charge in [-0.05, 0) is 18.2 Å². The summed E-state index contributed by atoms with van der Waals surface area (Å²) in [6.07, 6.45) is 1.66. The maximum absolute atomic E-state index is 11.8. The van der Waals surface area contributed by atoms with Crippen LogP contribution in [0.2, 0.25) is 0 Å². The molecule has 0 radical (unpaired) electrons. The average Bonchev–Trinajstić information content (AvgIpc) is 2.94. The van der Waals surface area contributed by atoms with Crippen molar-refractivity contribution in [2.24, 2.45) is 0 Å². The Morgan fingerprint density at radius 1 is 1.38 bits per heavy atom. The molecule has 0 spiro atoms. The van der Waals surface area contributed by atoms with Crippen LogP contribution in [0.1, 0.15) is 16.1 Å². The van der Waals surface area contributed by atoms with Crippen LogP contribution in [-0.4, -0.2) is 20.5 Å². The van der Waals surface area contributed by atoms with Crippen molar-refractivity contribution in [3.63, 3.8) is 0 Å². The number of benzene rings is 1. The van der Waals surface area contributed by atoms with Crippen molar-refractivity contribution in [1.29, 1.82) is 0 Å². The van der Waals surface area contributed by atoms with Gasteiger partial charge in [0.1, 0.15) is 12.4 Å². The molecule has 0 amide bonds. The van der Waals surface area contributed by atoms with Crippen LogP contribution in [0, 0.1) is 0 Å². The Hall–Kier alpha value is -2.67. The number of carboxylic acid groups (broad SMARTS) is 1. The molecular formula is C14H10N2O4S. The van der Waals surface area contributed by atoms with Crippen molar-refractivity contribution in [2.45, 2.75) is 6.61 Å². The number of carbonyl (C=O) groups is 1. The largest absolute Gasteiger partial charge is 0.487 e. The summed E-state index contributed by atoms with van der Waals surface area (Å²) in [5.41, 5.74) is 0.483. The highest BCUT2D eigenvalue weighted by Crippen LogP contribution is 2.15. The Bertz CT molecular complexity index is 869. The molecule has 1 aromatic carbocycles. The number of aromatic carboxylic acids is 1. The summed E-state index contributed by atoms with van der Waals surface area (Å²) in [6, 6.07) is 7.57. The molecule has 3 rings (SSSR count). The summed E-state index contributed by atoms with van der Waals surface area (Å²) in [5, 5.41) is 10.7. The molecule has 0 aliphatic carbocycles. The van der Waals surface area contributed by atoms with E-state index < -0.39 is 5.97 Å². The molecule has 6 nitrogen and oxygen atoms in total. The second kappa shape index (κ2) is 5.37. The molecule has 3 aromatic rings. The van der Waals surface area contributed by atoms with Gasteiger partial charge in [-0.1, -0.05) is 6.07 Å². The van der Waals surface area contributed by atoms with Crippen LogP contribution in [-0.2, 0) is 6.61 Å². The second-order valence-corrected chi connectivity index (χ2v) is 5.14. The van der Waals surface area contributed by atoms with Crippen LogP contribution in [0.15, 0.2) is 46.7 Å². The zero-order valence-corrected chi connectivity index (χ0v) is 11.5. The first-order chi connectivity index (χ1) is 10.1. The van der Waals surface area contributed by atoms with Gasteiger partial charge in [-0.2, -0.15) is 0 Å². The highest BCUT2D eigenvalue weighted by Gasteiger charge is 2.06. The predicted octanol–water partition coefficient (Wildman–Crippen LogP) is 2.03. The van der Waals surface area contributed by atoms with Gasteiger partial charge in [0.2, 0.25) is 0 Å². The van der Waals surface area contributed by atoms with Crippen molar-refractivity contribution >= 4 is 22.3 Å². The van der Waals surface area contributed by atoms with Crippen LogP contribution in [0.5, 0.6) is 5.75 Å². The number of nitrogens with zero attached hydrogens (tertiary/aromatic N) is 2. The van der Waals surface area contributed by atoms with Crippen LogP contribution < -0.4 is 10.3 Å². The monoisotopic (exact) mass is 302 g/mol. The van der Waals surface area contributed by atoms with Gasteiger partial charge in [0.15, 0.2) is 4.96 Å². The summed E-state index contributed by atoms with van der Waals surface area (Å²) in [6.45, 7) is 0.104. The lowest BCUT2D eigenvalue weighted by Gasteiger charge is -2.06. The standard InChI is InChI=1S/C14H10N2O4S/c17-12-7-10(15-14-16(12)4-5-21-14)8-20-11-3-1-2-9(6-11)13(18)19/h1-7H,8H2,(H,18,19). The Morgan fingerprint density at radius 2 is 2.24 bits per heavy atom. The first-order valence-electron chi connectivity index (χ1n) is 6.05. The molecule has 7 heteroatoms. The van der Waals surface area contributed by atoms with E-state index in [2.05, 4.69) is 4.98 Å². The lowest BCUT2D eigenvalue weighted by atomic mass is 10.2. The van der Waals surface area contributed by atoms with E-state index in [0.29, 0.717) is 16.4 Å². The van der Waals surface area contributed by atoms with Crippen molar-refractivity contribution < 1.29 is 14.6 Å². The average molecular weight is 302 g/mol. The molecule has 1 N–H and O–H groups in total. The topological polar surface area (TPSA) is 80.9 Å². The van der Waals surface area contributed by atoms with E-state index in [1.54, 1.807) is 23.7 Å². The number of rotatable bonds is 4. The number of carboxylic acids is 1. The maximum atomic E-state index is 11.8. The zero-order valence-electron chi connectivity index (χ0n) is 10.7. The third-order valence-electron chi connectivity index (χ3n) is 2.82. The molecule has 21 heavy (non-hydrogen) atoms. The van der Waals surface area contributed by atoms with Gasteiger partial charge in [-0.15, -0.1) is 11.3 Å². The first-order valence-corrected chi connectivity index (χ1v) is 6.93. The molecule has 0 aliphatic rings. The molecule has 0 atom stereocenters. The lowest BCUT2D eigenvalue weighted by Crippen LogP contribution is -2.14. The number of thiazole rings is 1. The molecule has 0 saturated carbocycles. The van der Waals surface area contributed by atoms with E-state index in [0.717, 1.165) is 0 Å². The molecule has 0 aliphatic heterocycles. The Balaban J connectivity index is 1.81. The molecule has 0 unspecified atom stereocenters. The number of hydrogen-bond acceptors (Lipinski definition) is 5. The Labute approximate surface area is 122 Å². The molecule has 0 bridgehead atoms. The van der Waals surface area contributed by atoms with Gasteiger partial charge in [-0.3, -0.25) is 9.20 Å². The third kappa shape index (κ3) is 2.77. The van der Waals surface area contributed by atoms with Gasteiger partial charge >= 0.3 is 5.97 Å². The summed E-state index contributed by atoms with van der Waals surface area (Å²) < 4.78 is 6.95. The van der Waals surface area contributed by atoms with E-state index >= 15 is 0 Å². The van der Waals surface area contributed by atoms with E-state index in [1.807, 2.05) is 0 Å². The van der Waals surface area contributed by atoms with Crippen molar-refractivity contribution in [3.05, 3.63) is 63.5 Å². The van der Waals surface area contributed by atoms with Crippen LogP contribution in [0.4, 0.5) is 0 Å². The number of ether oxygens (including phenoxy) is 1. The summed E-state index contributed by atoms with van der Waals surface area (Å²) >= 11 is 1.36. The van der Waals surface area contributed by atoms with Crippen molar-refractivity contribution in [1.82, 2.24) is 9.38 Å². The minimum absolute atomic E-state index is 0.104. The van der Waals surface area contributed by atoms with E-state index in [9.17, 15) is 9.59 Å². The van der Waals surface area contributed by atoms with Gasteiger partial charge in [0.25, 0.3) is 5.56 Å². The number of aromatic nitrogens is 2. The van der Waals surface area contributed by atoms with Gasteiger partial charge in [-0.25, -0.2) is 9.78 Å². The molecule has 0 saturated heterocycles. The second-order valence-electron chi connectivity index (χ2n) is 4.26. The minimum Gasteiger partial charge on any atom is -0.487 e. The summed E-state index contributed by atoms with van der Waals surface area (Å²) in [4.78, 5) is 27.6. The lowest BCUT2D eigenvalue weighted by molar-refractivity contribution is 0.0696. The van der Waals surface area contributed by atoms with Crippen LogP contribution >= 0.6 is 11.3 Å². The fourth-order valence-electron chi connectivity index (χ4n) is 1.84. The normalized spacial score (nSPS) is 10.7. The molecule has 0 fully saturated rings. The molecule has 2 aromatic heterocycles. The number of fused-ring (bicyclic) bond motifs is 1. The van der Waals surface area contributed by atoms with Gasteiger partial charge in [0.05, 0.1) is 11.3 Å². The van der Waals surface area contributed by atoms with Crippen molar-refractivity contribution in [2.75, 3.05) is 0 Å². The molecular weight excluding hydrogens is 292 g/mol. The van der Waals surface area contributed by atoms with Crippen LogP contribution in [0.3, 0.4) is 0 Å². The maximum Gasteiger partial charge on any atom is 0.335 e. The highest BCUT2D eigenvalue weighted by molar-refractivity contribution is 7.15. The van der Waals surface area contributed by atoms with E-state index in [1.165, 1.54) is 33.9 Å². The Kier molecular flexibility index (Phi) is 3.41. The third-order valence-corrected chi connectivity index (χ3v) is 3.58. The fourth-order valence-corrected chi connectivity index (χ4v) is 2.58. The minimum atomic E-state index is -1.02. The molecule has 2 heterocycles. The first kappa shape index (κ1) is 13.3. The van der Waals surface area contributed by atoms with Gasteiger partial charge in [0, 0.05) is 17.6 Å². The van der Waals surface area contributed by atoms with E-state index in [4.69, 9.17) is 9.84 Å². The summed E-state index contributed by atoms with van der Waals surface area (Å²) in [7, 11) is 0. The Morgan fingerprint density at radius 3 is 3.05 bits per heavy atom.